The van der Waals surface area contributed by atoms with Crippen LogP contribution in [0.3, 0.4) is 0 Å². The predicted molar refractivity (Wildman–Crippen MR) is 156 cm³/mol. The van der Waals surface area contributed by atoms with E-state index in [1.54, 1.807) is 19.2 Å². The Labute approximate surface area is 229 Å². The summed E-state index contributed by atoms with van der Waals surface area (Å²) in [6.07, 6.45) is 3.68. The maximum absolute atomic E-state index is 15.4. The predicted octanol–water partition coefficient (Wildman–Crippen LogP) is 6.40. The van der Waals surface area contributed by atoms with Gasteiger partial charge < -0.3 is 14.5 Å². The van der Waals surface area contributed by atoms with Crippen LogP contribution in [0.5, 0.6) is 0 Å². The fourth-order valence-corrected chi connectivity index (χ4v) is 6.72. The number of anilines is 2. The lowest BCUT2D eigenvalue weighted by Crippen LogP contribution is -2.48. The van der Waals surface area contributed by atoms with Crippen molar-refractivity contribution >= 4 is 46.0 Å². The first kappa shape index (κ1) is 26.8. The number of amidine groups is 1. The number of halogens is 1. The number of nitrogens with zero attached hydrogens (tertiary/aromatic N) is 4. The highest BCUT2D eigenvalue weighted by Gasteiger charge is 2.37. The Bertz CT molecular complexity index is 1270. The van der Waals surface area contributed by atoms with Gasteiger partial charge in [-0.25, -0.2) is 9.38 Å². The number of benzene rings is 2. The van der Waals surface area contributed by atoms with Crippen molar-refractivity contribution in [2.24, 2.45) is 4.99 Å². The molecule has 38 heavy (non-hydrogen) atoms. The molecule has 6 nitrogen and oxygen atoms in total. The minimum atomic E-state index is -0.303. The molecule has 5 rings (SSSR count). The summed E-state index contributed by atoms with van der Waals surface area (Å²) in [6, 6.07) is 11.6. The second-order valence-corrected chi connectivity index (χ2v) is 12.0. The monoisotopic (exact) mass is 536 g/mol. The number of hydrogen-bond acceptors (Lipinski definition) is 6. The van der Waals surface area contributed by atoms with Crippen molar-refractivity contribution in [3.63, 3.8) is 0 Å². The number of morpholine rings is 1. The Balaban J connectivity index is 1.40. The van der Waals surface area contributed by atoms with Crippen molar-refractivity contribution in [1.82, 2.24) is 4.90 Å². The molecule has 1 amide bonds. The van der Waals surface area contributed by atoms with Gasteiger partial charge in [-0.1, -0.05) is 13.8 Å². The van der Waals surface area contributed by atoms with Gasteiger partial charge in [-0.2, -0.15) is 0 Å². The molecule has 0 bridgehead atoms. The second kappa shape index (κ2) is 10.7. The molecule has 3 aliphatic rings. The van der Waals surface area contributed by atoms with Crippen molar-refractivity contribution in [2.75, 3.05) is 49.7 Å². The Morgan fingerprint density at radius 3 is 2.58 bits per heavy atom. The summed E-state index contributed by atoms with van der Waals surface area (Å²) < 4.78 is 20.9. The van der Waals surface area contributed by atoms with Crippen LogP contribution in [0.15, 0.2) is 46.3 Å². The fourth-order valence-electron chi connectivity index (χ4n) is 5.74. The molecule has 0 aliphatic carbocycles. The average Bonchev–Trinajstić information content (AvgIpc) is 3.15. The molecule has 0 spiro atoms. The number of hydrogen-bond donors (Lipinski definition) is 0. The zero-order valence-electron chi connectivity index (χ0n) is 23.0. The molecule has 3 aliphatic heterocycles. The summed E-state index contributed by atoms with van der Waals surface area (Å²) >= 11 is 1.29. The van der Waals surface area contributed by atoms with Crippen LogP contribution < -0.4 is 9.80 Å². The molecule has 2 aromatic rings. The van der Waals surface area contributed by atoms with Gasteiger partial charge >= 0.3 is 0 Å². The van der Waals surface area contributed by atoms with Crippen molar-refractivity contribution in [2.45, 2.75) is 52.0 Å². The van der Waals surface area contributed by atoms with Crippen LogP contribution >= 0.6 is 11.8 Å². The first-order valence-corrected chi connectivity index (χ1v) is 14.3. The number of carbonyl (C=O) groups excluding carboxylic acids is 1. The number of rotatable bonds is 5. The van der Waals surface area contributed by atoms with E-state index in [-0.39, 0.29) is 17.3 Å². The molecule has 0 N–H and O–H groups in total. The van der Waals surface area contributed by atoms with Crippen LogP contribution in [-0.2, 0) is 9.53 Å². The van der Waals surface area contributed by atoms with Gasteiger partial charge in [-0.3, -0.25) is 9.69 Å². The lowest BCUT2D eigenvalue weighted by atomic mass is 9.79. The fraction of sp³-hybridized carbons (Fsp3) is 0.467. The number of fused-ring (bicyclic) bond motifs is 1. The second-order valence-electron chi connectivity index (χ2n) is 11.0. The molecule has 2 saturated heterocycles. The lowest BCUT2D eigenvalue weighted by molar-refractivity contribution is -0.121. The van der Waals surface area contributed by atoms with E-state index in [4.69, 9.17) is 9.73 Å². The summed E-state index contributed by atoms with van der Waals surface area (Å²) in [7, 11) is 1.72. The van der Waals surface area contributed by atoms with Crippen LogP contribution in [0.4, 0.5) is 21.5 Å². The maximum atomic E-state index is 15.4. The van der Waals surface area contributed by atoms with E-state index in [0.29, 0.717) is 21.6 Å². The van der Waals surface area contributed by atoms with E-state index in [2.05, 4.69) is 49.6 Å². The van der Waals surface area contributed by atoms with Crippen molar-refractivity contribution in [1.29, 1.82) is 0 Å². The molecule has 1 unspecified atom stereocenters. The first-order chi connectivity index (χ1) is 18.2. The Morgan fingerprint density at radius 2 is 1.89 bits per heavy atom. The molecule has 0 saturated carbocycles. The summed E-state index contributed by atoms with van der Waals surface area (Å²) in [5.41, 5.74) is 4.45. The van der Waals surface area contributed by atoms with Gasteiger partial charge in [0.05, 0.1) is 23.8 Å². The van der Waals surface area contributed by atoms with Gasteiger partial charge in [0.1, 0.15) is 5.82 Å². The number of ether oxygens (including phenoxy) is 1. The molecule has 0 aromatic heterocycles. The highest BCUT2D eigenvalue weighted by Crippen LogP contribution is 2.45. The first-order valence-electron chi connectivity index (χ1n) is 13.5. The van der Waals surface area contributed by atoms with Gasteiger partial charge in [0, 0.05) is 49.2 Å². The van der Waals surface area contributed by atoms with Crippen LogP contribution in [0, 0.1) is 5.82 Å². The van der Waals surface area contributed by atoms with E-state index < -0.39 is 0 Å². The number of likely N-dealkylation sites (N-methyl/N-ethyl adjacent to an activating group) is 1. The average molecular weight is 537 g/mol. The van der Waals surface area contributed by atoms with Crippen LogP contribution in [-0.4, -0.2) is 61.4 Å². The van der Waals surface area contributed by atoms with Crippen LogP contribution in [0.2, 0.25) is 0 Å². The van der Waals surface area contributed by atoms with Crippen LogP contribution in [0.25, 0.3) is 6.08 Å². The highest BCUT2D eigenvalue weighted by molar-refractivity contribution is 8.18. The van der Waals surface area contributed by atoms with E-state index in [1.165, 1.54) is 16.7 Å². The Hall–Kier alpha value is -2.84. The third kappa shape index (κ3) is 5.21. The summed E-state index contributed by atoms with van der Waals surface area (Å²) in [5, 5.41) is 0.586. The third-order valence-corrected chi connectivity index (χ3v) is 8.75. The standard InChI is InChI=1S/C30H37FN4O2S/c1-6-11-35-26-18-25(31)21(16-24(26)20(2)19-30(35,3)4)17-27-28(36)33(5)29(38-27)32-22-7-9-23(10-8-22)34-12-14-37-15-13-34/h7-10,16-18,20H,6,11-15,19H2,1-5H3/b27-17+,32-29?. The maximum Gasteiger partial charge on any atom is 0.266 e. The quantitative estimate of drug-likeness (QED) is 0.414. The molecule has 0 radical (unpaired) electrons. The molecule has 8 heteroatoms. The van der Waals surface area contributed by atoms with Gasteiger partial charge in [0.15, 0.2) is 5.17 Å². The van der Waals surface area contributed by atoms with E-state index in [9.17, 15) is 4.79 Å². The summed E-state index contributed by atoms with van der Waals surface area (Å²) in [5.74, 6) is -0.169. The molecular formula is C30H37FN4O2S. The van der Waals surface area contributed by atoms with Gasteiger partial charge in [0.25, 0.3) is 5.91 Å². The third-order valence-electron chi connectivity index (χ3n) is 7.69. The molecule has 2 aromatic carbocycles. The van der Waals surface area contributed by atoms with E-state index in [0.717, 1.165) is 68.3 Å². The van der Waals surface area contributed by atoms with E-state index in [1.807, 2.05) is 18.2 Å². The molecule has 3 heterocycles. The lowest BCUT2D eigenvalue weighted by Gasteiger charge is -2.47. The highest BCUT2D eigenvalue weighted by atomic mass is 32.2. The van der Waals surface area contributed by atoms with Gasteiger partial charge in [0.2, 0.25) is 0 Å². The zero-order valence-corrected chi connectivity index (χ0v) is 23.8. The SMILES string of the molecule is CCCN1c2cc(F)c(/C=C3/SC(=Nc4ccc(N5CCOCC5)cc4)N(C)C3=O)cc2C(C)CC1(C)C. The minimum Gasteiger partial charge on any atom is -0.378 e. The smallest absolute Gasteiger partial charge is 0.266 e. The topological polar surface area (TPSA) is 48.4 Å². The van der Waals surface area contributed by atoms with Gasteiger partial charge in [-0.15, -0.1) is 0 Å². The number of amides is 1. The number of aliphatic imine (C=N–C) groups is 1. The normalized spacial score (nSPS) is 23.5. The summed E-state index contributed by atoms with van der Waals surface area (Å²) in [4.78, 5) is 24.4. The molecule has 2 fully saturated rings. The number of thioether (sulfide) groups is 1. The Morgan fingerprint density at radius 1 is 1.18 bits per heavy atom. The number of carbonyl (C=O) groups is 1. The van der Waals surface area contributed by atoms with E-state index >= 15 is 4.39 Å². The van der Waals surface area contributed by atoms with Gasteiger partial charge in [-0.05, 0) is 92.4 Å². The zero-order chi connectivity index (χ0) is 27.0. The molecule has 1 atom stereocenters. The molecular weight excluding hydrogens is 499 g/mol. The molecule has 202 valence electrons. The minimum absolute atomic E-state index is 0.0272. The Kier molecular flexibility index (Phi) is 7.56. The van der Waals surface area contributed by atoms with Crippen molar-refractivity contribution in [3.05, 3.63) is 58.2 Å². The van der Waals surface area contributed by atoms with Crippen molar-refractivity contribution < 1.29 is 13.9 Å². The summed E-state index contributed by atoms with van der Waals surface area (Å²) in [6.45, 7) is 12.9. The largest absolute Gasteiger partial charge is 0.378 e. The van der Waals surface area contributed by atoms with Crippen molar-refractivity contribution in [3.8, 4) is 0 Å². The van der Waals surface area contributed by atoms with Crippen LogP contribution in [0.1, 0.15) is 57.6 Å².